The van der Waals surface area contributed by atoms with Gasteiger partial charge in [-0.3, -0.25) is 9.69 Å². The zero-order valence-electron chi connectivity index (χ0n) is 24.4. The zero-order valence-corrected chi connectivity index (χ0v) is 24.4. The van der Waals surface area contributed by atoms with E-state index >= 15 is 0 Å². The largest absolute Gasteiger partial charge is 0.493 e. The number of piperidine rings is 1. The Morgan fingerprint density at radius 3 is 1.89 bits per heavy atom. The Hall–Kier alpha value is -2.03. The first-order chi connectivity index (χ1) is 18.6. The molecule has 0 bridgehead atoms. The highest BCUT2D eigenvalue weighted by Crippen LogP contribution is 2.39. The third-order valence-corrected chi connectivity index (χ3v) is 7.33. The zero-order chi connectivity index (χ0) is 27.6. The van der Waals surface area contributed by atoms with Crippen LogP contribution in [0, 0.1) is 0 Å². The molecule has 2 aliphatic rings. The van der Waals surface area contributed by atoms with Gasteiger partial charge < -0.3 is 28.4 Å². The van der Waals surface area contributed by atoms with E-state index in [0.29, 0.717) is 36.9 Å². The molecule has 2 fully saturated rings. The summed E-state index contributed by atoms with van der Waals surface area (Å²) in [4.78, 5) is 14.9. The third-order valence-electron chi connectivity index (χ3n) is 7.33. The Kier molecular flexibility index (Phi) is 16.2. The number of likely N-dealkylation sites (tertiary alicyclic amines) is 1. The van der Waals surface area contributed by atoms with E-state index in [0.717, 1.165) is 44.2 Å². The molecule has 1 aliphatic carbocycles. The molecule has 1 heterocycles. The monoisotopic (exact) mass is 537 g/mol. The molecule has 3 rings (SSSR count). The third kappa shape index (κ3) is 10.6. The molecule has 8 heteroatoms. The van der Waals surface area contributed by atoms with Crippen molar-refractivity contribution in [3.05, 3.63) is 17.7 Å². The van der Waals surface area contributed by atoms with Crippen LogP contribution in [0.4, 0.5) is 0 Å². The van der Waals surface area contributed by atoms with Crippen molar-refractivity contribution in [1.29, 1.82) is 0 Å². The second kappa shape index (κ2) is 19.1. The van der Waals surface area contributed by atoms with Crippen LogP contribution in [0.5, 0.6) is 17.2 Å². The van der Waals surface area contributed by atoms with Crippen LogP contribution in [-0.2, 0) is 25.4 Å². The number of unbranched alkanes of at least 4 members (excludes halogenated alkanes) is 1. The highest BCUT2D eigenvalue weighted by atomic mass is 16.5. The molecule has 0 aromatic heterocycles. The molecule has 218 valence electrons. The summed E-state index contributed by atoms with van der Waals surface area (Å²) in [5.41, 5.74) is 0.971. The van der Waals surface area contributed by atoms with Crippen molar-refractivity contribution in [3.63, 3.8) is 0 Å². The molecular weight excluding hydrogens is 486 g/mol. The van der Waals surface area contributed by atoms with E-state index in [1.165, 1.54) is 44.9 Å². The lowest BCUT2D eigenvalue weighted by Gasteiger charge is -2.39. The lowest BCUT2D eigenvalue weighted by molar-refractivity contribution is -0.159. The average Bonchev–Trinajstić information content (AvgIpc) is 3.29. The minimum atomic E-state index is -0.303. The molecule has 1 aromatic rings. The second-order valence-electron chi connectivity index (χ2n) is 10.0. The molecule has 2 atom stereocenters. The highest BCUT2D eigenvalue weighted by Gasteiger charge is 2.35. The maximum absolute atomic E-state index is 12.8. The van der Waals surface area contributed by atoms with Crippen LogP contribution in [-0.4, -0.2) is 78.4 Å². The van der Waals surface area contributed by atoms with Crippen molar-refractivity contribution in [3.8, 4) is 17.2 Å². The summed E-state index contributed by atoms with van der Waals surface area (Å²) < 4.78 is 32.8. The molecule has 1 aliphatic heterocycles. The Morgan fingerprint density at radius 2 is 1.39 bits per heavy atom. The normalized spacial score (nSPS) is 18.9. The quantitative estimate of drug-likeness (QED) is 0.178. The molecule has 1 saturated carbocycles. The lowest BCUT2D eigenvalue weighted by atomic mass is 10.00. The molecular formula is C30H51NO7. The Labute approximate surface area is 230 Å². The number of benzene rings is 1. The number of carbonyl (C=O) groups is 1. The van der Waals surface area contributed by atoms with E-state index < -0.39 is 0 Å². The van der Waals surface area contributed by atoms with E-state index in [2.05, 4.69) is 4.90 Å². The minimum Gasteiger partial charge on any atom is -0.493 e. The molecule has 1 saturated heterocycles. The van der Waals surface area contributed by atoms with E-state index in [-0.39, 0.29) is 18.2 Å². The van der Waals surface area contributed by atoms with Gasteiger partial charge >= 0.3 is 5.97 Å². The molecule has 38 heavy (non-hydrogen) atoms. The molecule has 0 spiro atoms. The molecule has 2 unspecified atom stereocenters. The Balaban J connectivity index is 0.000000624. The van der Waals surface area contributed by atoms with Crippen molar-refractivity contribution in [1.82, 2.24) is 4.90 Å². The fourth-order valence-corrected chi connectivity index (χ4v) is 5.20. The van der Waals surface area contributed by atoms with Gasteiger partial charge in [0.25, 0.3) is 0 Å². The summed E-state index contributed by atoms with van der Waals surface area (Å²) in [5.74, 6) is 1.56. The van der Waals surface area contributed by atoms with Gasteiger partial charge in [-0.25, -0.2) is 0 Å². The van der Waals surface area contributed by atoms with Crippen molar-refractivity contribution in [2.45, 2.75) is 95.7 Å². The predicted molar refractivity (Wildman–Crippen MR) is 149 cm³/mol. The van der Waals surface area contributed by atoms with E-state index in [9.17, 15) is 4.79 Å². The van der Waals surface area contributed by atoms with Crippen LogP contribution in [0.15, 0.2) is 12.1 Å². The Morgan fingerprint density at radius 1 is 0.816 bits per heavy atom. The first kappa shape index (κ1) is 32.2. The van der Waals surface area contributed by atoms with Crippen LogP contribution < -0.4 is 14.2 Å². The van der Waals surface area contributed by atoms with Crippen molar-refractivity contribution < 1.29 is 33.2 Å². The first-order valence-electron chi connectivity index (χ1n) is 14.3. The Bertz CT molecular complexity index is 743. The van der Waals surface area contributed by atoms with E-state index in [1.807, 2.05) is 12.1 Å². The fourth-order valence-electron chi connectivity index (χ4n) is 5.20. The van der Waals surface area contributed by atoms with Gasteiger partial charge in [0.1, 0.15) is 12.3 Å². The standard InChI is InChI=1S/C23H37NO7.C7H14/c1-26-12-8-9-13-31-23(25)18-10-6-7-11-24(18)21(29-4)16-17-14-19(27-2)22(30-5)20(15-17)28-3;1-2-4-6-7-5-3-1/h14-15,18,21H,6-13,16H2,1-5H3;1-7H2. The van der Waals surface area contributed by atoms with Crippen molar-refractivity contribution >= 4 is 5.97 Å². The summed E-state index contributed by atoms with van der Waals surface area (Å²) in [6.45, 7) is 1.87. The number of rotatable bonds is 13. The summed E-state index contributed by atoms with van der Waals surface area (Å²) in [6, 6.07) is 3.53. The maximum atomic E-state index is 12.8. The van der Waals surface area contributed by atoms with Crippen LogP contribution in [0.25, 0.3) is 0 Å². The van der Waals surface area contributed by atoms with Gasteiger partial charge in [-0.2, -0.15) is 0 Å². The maximum Gasteiger partial charge on any atom is 0.323 e. The number of esters is 1. The van der Waals surface area contributed by atoms with Crippen LogP contribution in [0.3, 0.4) is 0 Å². The number of methoxy groups -OCH3 is 5. The molecule has 0 radical (unpaired) electrons. The van der Waals surface area contributed by atoms with Gasteiger partial charge in [-0.1, -0.05) is 51.4 Å². The van der Waals surface area contributed by atoms with Crippen molar-refractivity contribution in [2.75, 3.05) is 55.3 Å². The molecule has 1 aromatic carbocycles. The van der Waals surface area contributed by atoms with Gasteiger partial charge in [0.2, 0.25) is 5.75 Å². The fraction of sp³-hybridized carbons (Fsp3) is 0.767. The average molecular weight is 538 g/mol. The van der Waals surface area contributed by atoms with Gasteiger partial charge in [-0.15, -0.1) is 0 Å². The summed E-state index contributed by atoms with van der Waals surface area (Å²) in [6.07, 6.45) is 15.3. The van der Waals surface area contributed by atoms with Gasteiger partial charge in [0.05, 0.1) is 27.9 Å². The molecule has 8 nitrogen and oxygen atoms in total. The number of nitrogens with zero attached hydrogens (tertiary/aromatic N) is 1. The van der Waals surface area contributed by atoms with Crippen LogP contribution in [0.2, 0.25) is 0 Å². The number of hydrogen-bond donors (Lipinski definition) is 0. The van der Waals surface area contributed by atoms with Crippen LogP contribution in [0.1, 0.15) is 82.6 Å². The molecule has 0 amide bonds. The predicted octanol–water partition coefficient (Wildman–Crippen LogP) is 5.78. The molecule has 0 N–H and O–H groups in total. The first-order valence-corrected chi connectivity index (χ1v) is 14.3. The summed E-state index contributed by atoms with van der Waals surface area (Å²) in [5, 5.41) is 0. The minimum absolute atomic E-state index is 0.177. The SMILES string of the molecule is C1CCCCCC1.COCCCCOC(=O)C1CCCCN1C(Cc1cc(OC)c(OC)c(OC)c1)OC. The van der Waals surface area contributed by atoms with Gasteiger partial charge in [-0.05, 0) is 43.4 Å². The topological polar surface area (TPSA) is 75.7 Å². The lowest BCUT2D eigenvalue weighted by Crippen LogP contribution is -2.52. The number of carbonyl (C=O) groups excluding carboxylic acids is 1. The second-order valence-corrected chi connectivity index (χ2v) is 10.0. The van der Waals surface area contributed by atoms with Crippen LogP contribution >= 0.6 is 0 Å². The van der Waals surface area contributed by atoms with E-state index in [4.69, 9.17) is 28.4 Å². The number of ether oxygens (including phenoxy) is 6. The summed E-state index contributed by atoms with van der Waals surface area (Å²) in [7, 11) is 8.11. The van der Waals surface area contributed by atoms with Gasteiger partial charge in [0, 0.05) is 33.8 Å². The smallest absolute Gasteiger partial charge is 0.323 e. The number of hydrogen-bond acceptors (Lipinski definition) is 8. The highest BCUT2D eigenvalue weighted by molar-refractivity contribution is 5.76. The summed E-state index contributed by atoms with van der Waals surface area (Å²) >= 11 is 0. The van der Waals surface area contributed by atoms with Gasteiger partial charge in [0.15, 0.2) is 11.5 Å². The van der Waals surface area contributed by atoms with E-state index in [1.54, 1.807) is 35.5 Å². The van der Waals surface area contributed by atoms with Crippen molar-refractivity contribution in [2.24, 2.45) is 0 Å².